The molecule has 2 amide bonds. The van der Waals surface area contributed by atoms with Crippen molar-refractivity contribution in [1.82, 2.24) is 0 Å². The van der Waals surface area contributed by atoms with Crippen molar-refractivity contribution in [2.24, 2.45) is 0 Å². The van der Waals surface area contributed by atoms with Gasteiger partial charge in [0, 0.05) is 22.7 Å². The summed E-state index contributed by atoms with van der Waals surface area (Å²) < 4.78 is 0. The van der Waals surface area contributed by atoms with Crippen LogP contribution in [0.4, 0.5) is 11.4 Å². The lowest BCUT2D eigenvalue weighted by atomic mass is 10.1. The number of para-hydroxylation sites is 1. The number of amides is 2. The highest BCUT2D eigenvalue weighted by Crippen LogP contribution is 2.37. The maximum absolute atomic E-state index is 13.5. The van der Waals surface area contributed by atoms with Gasteiger partial charge in [0.25, 0.3) is 0 Å². The van der Waals surface area contributed by atoms with Gasteiger partial charge in [-0.2, -0.15) is 0 Å². The summed E-state index contributed by atoms with van der Waals surface area (Å²) >= 11 is 1.51. The molecule has 4 nitrogen and oxygen atoms in total. The van der Waals surface area contributed by atoms with Crippen LogP contribution in [0.25, 0.3) is 0 Å². The number of carbonyl (C=O) groups is 2. The van der Waals surface area contributed by atoms with E-state index in [1.165, 1.54) is 11.8 Å². The highest BCUT2D eigenvalue weighted by atomic mass is 32.2. The fourth-order valence-corrected chi connectivity index (χ4v) is 4.63. The maximum Gasteiger partial charge on any atom is 0.242 e. The van der Waals surface area contributed by atoms with Crippen molar-refractivity contribution in [3.05, 3.63) is 89.5 Å². The summed E-state index contributed by atoms with van der Waals surface area (Å²) in [4.78, 5) is 26.4. The minimum atomic E-state index is -0.402. The number of unbranched alkanes of at least 4 members (excludes halogenated alkanes) is 1. The molecule has 3 rings (SSSR count). The van der Waals surface area contributed by atoms with E-state index in [1.807, 2.05) is 73.7 Å². The van der Waals surface area contributed by atoms with Crippen LogP contribution in [0.3, 0.4) is 0 Å². The molecule has 0 saturated heterocycles. The molecule has 33 heavy (non-hydrogen) atoms. The first-order chi connectivity index (χ1) is 16.0. The summed E-state index contributed by atoms with van der Waals surface area (Å²) in [5, 5.41) is 5.72. The molecule has 1 atom stereocenters. The van der Waals surface area contributed by atoms with Gasteiger partial charge in [0.1, 0.15) is 5.25 Å². The highest BCUT2D eigenvalue weighted by molar-refractivity contribution is 8.00. The Labute approximate surface area is 201 Å². The van der Waals surface area contributed by atoms with Gasteiger partial charge in [-0.1, -0.05) is 68.8 Å². The molecule has 0 saturated carbocycles. The quantitative estimate of drug-likeness (QED) is 0.316. The molecular formula is C28H32N2O2S. The predicted molar refractivity (Wildman–Crippen MR) is 139 cm³/mol. The second-order valence-electron chi connectivity index (χ2n) is 8.04. The molecule has 0 spiro atoms. The zero-order chi connectivity index (χ0) is 23.6. The summed E-state index contributed by atoms with van der Waals surface area (Å²) in [6.07, 6.45) is 3.26. The largest absolute Gasteiger partial charge is 0.326 e. The molecule has 1 unspecified atom stereocenters. The average Bonchev–Trinajstić information content (AvgIpc) is 2.84. The van der Waals surface area contributed by atoms with Gasteiger partial charge in [0.2, 0.25) is 11.8 Å². The van der Waals surface area contributed by atoms with Crippen LogP contribution in [0, 0.1) is 6.92 Å². The maximum atomic E-state index is 13.5. The molecule has 0 aromatic heterocycles. The molecule has 2 N–H and O–H groups in total. The van der Waals surface area contributed by atoms with Crippen molar-refractivity contribution in [3.8, 4) is 0 Å². The zero-order valence-corrected chi connectivity index (χ0v) is 20.4. The van der Waals surface area contributed by atoms with Crippen LogP contribution in [0.15, 0.2) is 77.7 Å². The van der Waals surface area contributed by atoms with Crippen LogP contribution in [0.2, 0.25) is 0 Å². The standard InChI is InChI=1S/C28H32N2O2S/c1-4-6-15-25(31)29-23-16-18-24(19-17-23)33-27(22-12-8-7-9-13-22)28(32)30-26-20(3)11-10-14-21(26)5-2/h7-14,16-19,27H,4-6,15H2,1-3H3,(H,29,31)(H,30,32). The summed E-state index contributed by atoms with van der Waals surface area (Å²) in [6, 6.07) is 23.6. The monoisotopic (exact) mass is 460 g/mol. The summed E-state index contributed by atoms with van der Waals surface area (Å²) in [7, 11) is 0. The normalized spacial score (nSPS) is 11.6. The van der Waals surface area contributed by atoms with Crippen LogP contribution in [0.1, 0.15) is 55.1 Å². The number of nitrogens with one attached hydrogen (secondary N) is 2. The van der Waals surface area contributed by atoms with Crippen LogP contribution in [-0.2, 0) is 16.0 Å². The molecular weight excluding hydrogens is 428 g/mol. The highest BCUT2D eigenvalue weighted by Gasteiger charge is 2.23. The first kappa shape index (κ1) is 24.6. The molecule has 0 aliphatic heterocycles. The van der Waals surface area contributed by atoms with Crippen LogP contribution < -0.4 is 10.6 Å². The van der Waals surface area contributed by atoms with E-state index in [4.69, 9.17) is 0 Å². The lowest BCUT2D eigenvalue weighted by Crippen LogP contribution is -2.20. The number of benzene rings is 3. The first-order valence-corrected chi connectivity index (χ1v) is 12.4. The predicted octanol–water partition coefficient (Wildman–Crippen LogP) is 7.16. The minimum absolute atomic E-state index is 0.0313. The smallest absolute Gasteiger partial charge is 0.242 e. The molecule has 172 valence electrons. The Morgan fingerprint density at radius 3 is 2.27 bits per heavy atom. The number of aryl methyl sites for hydroxylation is 2. The number of hydrogen-bond donors (Lipinski definition) is 2. The Morgan fingerprint density at radius 2 is 1.61 bits per heavy atom. The number of rotatable bonds is 10. The van der Waals surface area contributed by atoms with Crippen molar-refractivity contribution < 1.29 is 9.59 Å². The third-order valence-corrected chi connectivity index (χ3v) is 6.74. The van der Waals surface area contributed by atoms with E-state index >= 15 is 0 Å². The summed E-state index contributed by atoms with van der Waals surface area (Å²) in [5.41, 5.74) is 4.81. The fourth-order valence-electron chi connectivity index (χ4n) is 3.61. The SMILES string of the molecule is CCCCC(=O)Nc1ccc(SC(C(=O)Nc2c(C)cccc2CC)c2ccccc2)cc1. The van der Waals surface area contributed by atoms with Gasteiger partial charge < -0.3 is 10.6 Å². The third-order valence-electron chi connectivity index (χ3n) is 5.48. The summed E-state index contributed by atoms with van der Waals surface area (Å²) in [5.74, 6) is -0.0177. The van der Waals surface area contributed by atoms with Gasteiger partial charge in [0.05, 0.1) is 0 Å². The van der Waals surface area contributed by atoms with Crippen molar-refractivity contribution in [2.75, 3.05) is 10.6 Å². The zero-order valence-electron chi connectivity index (χ0n) is 19.6. The molecule has 0 aliphatic carbocycles. The third kappa shape index (κ3) is 6.96. The Kier molecular flexibility index (Phi) is 9.14. The van der Waals surface area contributed by atoms with Crippen molar-refractivity contribution in [3.63, 3.8) is 0 Å². The van der Waals surface area contributed by atoms with E-state index in [2.05, 4.69) is 30.5 Å². The van der Waals surface area contributed by atoms with Crippen LogP contribution in [0.5, 0.6) is 0 Å². The number of thioether (sulfide) groups is 1. The average molecular weight is 461 g/mol. The lowest BCUT2D eigenvalue weighted by Gasteiger charge is -2.20. The van der Waals surface area contributed by atoms with Crippen molar-refractivity contribution in [2.45, 2.75) is 56.6 Å². The second-order valence-corrected chi connectivity index (χ2v) is 9.22. The number of carbonyl (C=O) groups excluding carboxylic acids is 2. The number of anilines is 2. The Hall–Kier alpha value is -3.05. The second kappa shape index (κ2) is 12.3. The number of hydrogen-bond acceptors (Lipinski definition) is 3. The van der Waals surface area contributed by atoms with Crippen LogP contribution in [-0.4, -0.2) is 11.8 Å². The van der Waals surface area contributed by atoms with E-state index in [0.717, 1.165) is 52.2 Å². The van der Waals surface area contributed by atoms with Gasteiger partial charge in [0.15, 0.2) is 0 Å². The van der Waals surface area contributed by atoms with E-state index in [0.29, 0.717) is 6.42 Å². The Balaban J connectivity index is 1.78. The molecule has 3 aromatic carbocycles. The Morgan fingerprint density at radius 1 is 0.879 bits per heavy atom. The molecule has 0 heterocycles. The Bertz CT molecular complexity index is 1070. The molecule has 0 radical (unpaired) electrons. The molecule has 3 aromatic rings. The lowest BCUT2D eigenvalue weighted by molar-refractivity contribution is -0.116. The topological polar surface area (TPSA) is 58.2 Å². The molecule has 0 aliphatic rings. The molecule has 5 heteroatoms. The fraction of sp³-hybridized carbons (Fsp3) is 0.286. The van der Waals surface area contributed by atoms with Crippen molar-refractivity contribution in [1.29, 1.82) is 0 Å². The van der Waals surface area contributed by atoms with Gasteiger partial charge in [-0.3, -0.25) is 9.59 Å². The van der Waals surface area contributed by atoms with E-state index in [9.17, 15) is 9.59 Å². The molecule has 0 bridgehead atoms. The van der Waals surface area contributed by atoms with Crippen LogP contribution >= 0.6 is 11.8 Å². The first-order valence-electron chi connectivity index (χ1n) is 11.5. The van der Waals surface area contributed by atoms with Gasteiger partial charge in [-0.05, 0) is 60.7 Å². The van der Waals surface area contributed by atoms with E-state index in [-0.39, 0.29) is 11.8 Å². The molecule has 0 fully saturated rings. The van der Waals surface area contributed by atoms with Crippen molar-refractivity contribution >= 4 is 35.0 Å². The van der Waals surface area contributed by atoms with Gasteiger partial charge >= 0.3 is 0 Å². The van der Waals surface area contributed by atoms with E-state index in [1.54, 1.807) is 0 Å². The minimum Gasteiger partial charge on any atom is -0.326 e. The van der Waals surface area contributed by atoms with E-state index < -0.39 is 5.25 Å². The summed E-state index contributed by atoms with van der Waals surface area (Å²) in [6.45, 7) is 6.18. The van der Waals surface area contributed by atoms with Gasteiger partial charge in [-0.25, -0.2) is 0 Å². The van der Waals surface area contributed by atoms with Gasteiger partial charge in [-0.15, -0.1) is 11.8 Å².